The summed E-state index contributed by atoms with van der Waals surface area (Å²) in [7, 11) is 1.46. The van der Waals surface area contributed by atoms with E-state index in [9.17, 15) is 35.8 Å². The molecule has 0 radical (unpaired) electrons. The van der Waals surface area contributed by atoms with Gasteiger partial charge in [0.25, 0.3) is 6.35 Å². The number of amidine groups is 1. The monoisotopic (exact) mass is 562 g/mol. The van der Waals surface area contributed by atoms with Crippen molar-refractivity contribution in [2.24, 2.45) is 4.99 Å². The molecule has 0 aromatic heterocycles. The normalized spacial score (nSPS) is 29.9. The number of aliphatic hydroxyl groups excluding tert-OH is 1. The van der Waals surface area contributed by atoms with Crippen molar-refractivity contribution < 1.29 is 45.3 Å². The molecule has 5 atom stereocenters. The van der Waals surface area contributed by atoms with Crippen LogP contribution in [0.1, 0.15) is 19.8 Å². The third kappa shape index (κ3) is 8.70. The maximum atomic E-state index is 14.0. The smallest absolute Gasteiger partial charge is 0.455 e. The van der Waals surface area contributed by atoms with E-state index in [1.807, 2.05) is 0 Å². The van der Waals surface area contributed by atoms with Crippen LogP contribution in [0, 0.1) is 0 Å². The lowest BCUT2D eigenvalue weighted by Crippen LogP contribution is -2.64. The largest absolute Gasteiger partial charge is 0.523 e. The minimum absolute atomic E-state index is 0.0289. The standard InChI is InChI=1S/C22H26ClF7N4O3/c1-20(24)8-6-14(7-9-20)36-19-32-17(23)31-18(33(19)2)34(12-16(35)21(25,26)27)11-13-4-3-5-15(10-13)37-22(28,29)30/h3-8,15-16,18-19,35H,9-12H2,1-2H3,(H,31,32). The molecule has 2 aliphatic carbocycles. The molecular weight excluding hydrogens is 537 g/mol. The SMILES string of the molecule is CN1C(OC2=CCC(C)(F)C=C2)N=C(Cl)NC1N(CC1=CC=CC(OC(F)(F)F)C1)CC(O)C(F)(F)F. The summed E-state index contributed by atoms with van der Waals surface area (Å²) in [6.07, 6.45) is -8.36. The number of nitrogens with zero attached hydrogens (tertiary/aromatic N) is 3. The lowest BCUT2D eigenvalue weighted by atomic mass is 9.99. The number of nitrogens with one attached hydrogen (secondary N) is 1. The van der Waals surface area contributed by atoms with Crippen molar-refractivity contribution in [3.8, 4) is 0 Å². The third-order valence-electron chi connectivity index (χ3n) is 5.69. The molecule has 0 saturated carbocycles. The maximum Gasteiger partial charge on any atom is 0.523 e. The second-order valence-corrected chi connectivity index (χ2v) is 9.33. The van der Waals surface area contributed by atoms with Crippen molar-refractivity contribution in [1.29, 1.82) is 0 Å². The number of aliphatic hydroxyl groups is 1. The summed E-state index contributed by atoms with van der Waals surface area (Å²) in [4.78, 5) is 6.59. The van der Waals surface area contributed by atoms with Gasteiger partial charge in [-0.05, 0) is 43.8 Å². The minimum atomic E-state index is -4.96. The van der Waals surface area contributed by atoms with Gasteiger partial charge in [-0.1, -0.05) is 23.8 Å². The Kier molecular flexibility index (Phi) is 9.00. The van der Waals surface area contributed by atoms with Gasteiger partial charge in [0.1, 0.15) is 17.7 Å². The quantitative estimate of drug-likeness (QED) is 0.340. The zero-order chi connectivity index (χ0) is 27.6. The maximum absolute atomic E-state index is 14.0. The first-order valence-corrected chi connectivity index (χ1v) is 11.5. The molecule has 3 aliphatic rings. The Morgan fingerprint density at radius 3 is 2.62 bits per heavy atom. The van der Waals surface area contributed by atoms with Gasteiger partial charge >= 0.3 is 12.5 Å². The Labute approximate surface area is 213 Å². The van der Waals surface area contributed by atoms with Crippen LogP contribution in [-0.2, 0) is 9.47 Å². The number of ether oxygens (including phenoxy) is 2. The molecule has 208 valence electrons. The van der Waals surface area contributed by atoms with Gasteiger partial charge in [0.15, 0.2) is 11.4 Å². The predicted octanol–water partition coefficient (Wildman–Crippen LogP) is 4.29. The number of alkyl halides is 7. The molecule has 0 aromatic carbocycles. The van der Waals surface area contributed by atoms with Gasteiger partial charge in [-0.15, -0.1) is 13.2 Å². The Bertz CT molecular complexity index is 978. The zero-order valence-electron chi connectivity index (χ0n) is 19.7. The highest BCUT2D eigenvalue weighted by molar-refractivity contribution is 6.64. The summed E-state index contributed by atoms with van der Waals surface area (Å²) in [6, 6.07) is 0. The second-order valence-electron chi connectivity index (χ2n) is 8.97. The van der Waals surface area contributed by atoms with E-state index in [4.69, 9.17) is 16.3 Å². The topological polar surface area (TPSA) is 69.6 Å². The fraction of sp³-hybridized carbons (Fsp3) is 0.591. The highest BCUT2D eigenvalue weighted by atomic mass is 35.5. The molecule has 2 N–H and O–H groups in total. The van der Waals surface area contributed by atoms with E-state index in [1.54, 1.807) is 0 Å². The molecule has 15 heteroatoms. The van der Waals surface area contributed by atoms with E-state index >= 15 is 0 Å². The lowest BCUT2D eigenvalue weighted by Gasteiger charge is -2.44. The number of halogens is 8. The Morgan fingerprint density at radius 2 is 2.03 bits per heavy atom. The summed E-state index contributed by atoms with van der Waals surface area (Å²) >= 11 is 6.10. The number of hydrogen-bond acceptors (Lipinski definition) is 7. The molecule has 0 bridgehead atoms. The van der Waals surface area contributed by atoms with Gasteiger partial charge in [-0.2, -0.15) is 18.2 Å². The summed E-state index contributed by atoms with van der Waals surface area (Å²) in [5.41, 5.74) is -1.24. The van der Waals surface area contributed by atoms with Gasteiger partial charge in [0, 0.05) is 25.9 Å². The fourth-order valence-corrected chi connectivity index (χ4v) is 4.01. The van der Waals surface area contributed by atoms with Crippen molar-refractivity contribution in [2.75, 3.05) is 20.1 Å². The fourth-order valence-electron chi connectivity index (χ4n) is 3.83. The molecule has 1 aliphatic heterocycles. The van der Waals surface area contributed by atoms with Crippen LogP contribution in [0.15, 0.2) is 52.8 Å². The molecule has 0 spiro atoms. The van der Waals surface area contributed by atoms with Crippen molar-refractivity contribution in [2.45, 2.75) is 62.8 Å². The van der Waals surface area contributed by atoms with Crippen molar-refractivity contribution >= 4 is 16.9 Å². The highest BCUT2D eigenvalue weighted by Gasteiger charge is 2.43. The molecule has 0 amide bonds. The first kappa shape index (κ1) is 29.4. The molecule has 1 heterocycles. The van der Waals surface area contributed by atoms with Crippen molar-refractivity contribution in [1.82, 2.24) is 15.1 Å². The van der Waals surface area contributed by atoms with Gasteiger partial charge in [-0.25, -0.2) is 9.29 Å². The Hall–Kier alpha value is -2.13. The predicted molar refractivity (Wildman–Crippen MR) is 121 cm³/mol. The summed E-state index contributed by atoms with van der Waals surface area (Å²) in [5, 5.41) is 12.3. The average Bonchev–Trinajstić information content (AvgIpc) is 2.75. The van der Waals surface area contributed by atoms with Crippen LogP contribution in [0.5, 0.6) is 0 Å². The van der Waals surface area contributed by atoms with Gasteiger partial charge in [0.2, 0.25) is 0 Å². The van der Waals surface area contributed by atoms with Crippen LogP contribution in [0.25, 0.3) is 0 Å². The van der Waals surface area contributed by atoms with E-state index in [0.717, 1.165) is 4.90 Å². The van der Waals surface area contributed by atoms with Crippen LogP contribution in [0.4, 0.5) is 30.7 Å². The van der Waals surface area contributed by atoms with Crippen LogP contribution < -0.4 is 5.32 Å². The Morgan fingerprint density at radius 1 is 1.32 bits per heavy atom. The minimum Gasteiger partial charge on any atom is -0.455 e. The van der Waals surface area contributed by atoms with E-state index in [1.165, 1.54) is 55.3 Å². The first-order chi connectivity index (χ1) is 17.0. The number of aliphatic imine (C=N–C) groups is 1. The van der Waals surface area contributed by atoms with Crippen LogP contribution in [0.2, 0.25) is 0 Å². The Balaban J connectivity index is 1.80. The molecule has 0 aromatic rings. The second kappa shape index (κ2) is 11.3. The van der Waals surface area contributed by atoms with Crippen LogP contribution >= 0.6 is 11.6 Å². The van der Waals surface area contributed by atoms with E-state index in [0.29, 0.717) is 5.57 Å². The lowest BCUT2D eigenvalue weighted by molar-refractivity contribution is -0.336. The zero-order valence-corrected chi connectivity index (χ0v) is 20.5. The van der Waals surface area contributed by atoms with Crippen molar-refractivity contribution in [3.63, 3.8) is 0 Å². The number of hydrogen-bond donors (Lipinski definition) is 2. The molecule has 3 rings (SSSR count). The summed E-state index contributed by atoms with van der Waals surface area (Å²) in [5.74, 6) is 0.259. The number of rotatable bonds is 8. The average molecular weight is 563 g/mol. The first-order valence-electron chi connectivity index (χ1n) is 11.1. The van der Waals surface area contributed by atoms with E-state index in [2.05, 4.69) is 15.0 Å². The van der Waals surface area contributed by atoms with Gasteiger partial charge < -0.3 is 15.2 Å². The van der Waals surface area contributed by atoms with Gasteiger partial charge in [0.05, 0.1) is 6.10 Å². The van der Waals surface area contributed by atoms with Crippen molar-refractivity contribution in [3.05, 3.63) is 47.8 Å². The highest BCUT2D eigenvalue weighted by Crippen LogP contribution is 2.29. The summed E-state index contributed by atoms with van der Waals surface area (Å²) < 4.78 is 101. The van der Waals surface area contributed by atoms with Crippen LogP contribution in [-0.4, -0.2) is 83.4 Å². The van der Waals surface area contributed by atoms with Gasteiger partial charge in [-0.3, -0.25) is 9.64 Å². The molecule has 5 unspecified atom stereocenters. The molecule has 0 fully saturated rings. The van der Waals surface area contributed by atoms with Crippen LogP contribution in [0.3, 0.4) is 0 Å². The molecule has 37 heavy (non-hydrogen) atoms. The third-order valence-corrected chi connectivity index (χ3v) is 5.90. The van der Waals surface area contributed by atoms with E-state index < -0.39 is 49.6 Å². The number of allylic oxidation sites excluding steroid dienone is 5. The molecule has 0 saturated heterocycles. The molecule has 7 nitrogen and oxygen atoms in total. The van der Waals surface area contributed by atoms with E-state index in [-0.39, 0.29) is 30.4 Å². The molecular formula is C22H26ClF7N4O3. The summed E-state index contributed by atoms with van der Waals surface area (Å²) in [6.45, 7) is 0.149.